The van der Waals surface area contributed by atoms with Crippen LogP contribution in [-0.2, 0) is 6.54 Å². The van der Waals surface area contributed by atoms with Crippen molar-refractivity contribution in [3.8, 4) is 11.1 Å². The van der Waals surface area contributed by atoms with E-state index in [2.05, 4.69) is 27.5 Å². The molecule has 2 heterocycles. The Bertz CT molecular complexity index is 1420. The lowest BCUT2D eigenvalue weighted by atomic mass is 9.95. The first-order valence-electron chi connectivity index (χ1n) is 10.4. The van der Waals surface area contributed by atoms with Crippen molar-refractivity contribution >= 4 is 11.6 Å². The molecule has 0 bridgehead atoms. The molecule has 1 unspecified atom stereocenters. The topological polar surface area (TPSA) is 139 Å². The Morgan fingerprint density at radius 2 is 1.88 bits per heavy atom. The van der Waals surface area contributed by atoms with E-state index < -0.39 is 23.2 Å². The van der Waals surface area contributed by atoms with Gasteiger partial charge in [0.1, 0.15) is 11.4 Å². The third kappa shape index (κ3) is 4.62. The van der Waals surface area contributed by atoms with Gasteiger partial charge in [0.05, 0.1) is 18.8 Å². The molecule has 4 aromatic rings. The van der Waals surface area contributed by atoms with Gasteiger partial charge in [0.25, 0.3) is 11.5 Å². The van der Waals surface area contributed by atoms with E-state index in [9.17, 15) is 14.4 Å². The average molecular weight is 444 g/mol. The molecule has 9 nitrogen and oxygen atoms in total. The van der Waals surface area contributed by atoms with Gasteiger partial charge in [-0.05, 0) is 36.1 Å². The van der Waals surface area contributed by atoms with Gasteiger partial charge < -0.3 is 16.0 Å². The van der Waals surface area contributed by atoms with Crippen LogP contribution in [0.25, 0.3) is 11.1 Å². The molecular weight excluding hydrogens is 420 g/mol. The van der Waals surface area contributed by atoms with Crippen molar-refractivity contribution in [2.24, 2.45) is 0 Å². The molecule has 1 amide bonds. The number of nitrogens with zero attached hydrogens (tertiary/aromatic N) is 2. The molecule has 0 aliphatic carbocycles. The highest BCUT2D eigenvalue weighted by Gasteiger charge is 2.19. The number of rotatable bonds is 6. The summed E-state index contributed by atoms with van der Waals surface area (Å²) >= 11 is 0. The second-order valence-corrected chi connectivity index (χ2v) is 7.82. The van der Waals surface area contributed by atoms with Crippen LogP contribution in [0.2, 0.25) is 0 Å². The molecule has 0 aliphatic rings. The first kappa shape index (κ1) is 21.8. The highest BCUT2D eigenvalue weighted by atomic mass is 16.2. The van der Waals surface area contributed by atoms with Crippen molar-refractivity contribution in [3.63, 3.8) is 0 Å². The van der Waals surface area contributed by atoms with E-state index in [4.69, 9.17) is 5.73 Å². The molecule has 5 N–H and O–H groups in total. The zero-order valence-corrected chi connectivity index (χ0v) is 18.3. The third-order valence-electron chi connectivity index (χ3n) is 5.53. The van der Waals surface area contributed by atoms with Crippen LogP contribution in [0.5, 0.6) is 0 Å². The highest BCUT2D eigenvalue weighted by molar-refractivity contribution is 5.97. The van der Waals surface area contributed by atoms with Gasteiger partial charge in [0.15, 0.2) is 0 Å². The molecule has 4 rings (SSSR count). The summed E-state index contributed by atoms with van der Waals surface area (Å²) in [6.45, 7) is 4.47. The van der Waals surface area contributed by atoms with Crippen LogP contribution in [-0.4, -0.2) is 25.7 Å². The summed E-state index contributed by atoms with van der Waals surface area (Å²) in [5, 5.41) is 7.29. The number of aromatic nitrogens is 4. The molecule has 2 aromatic heterocycles. The maximum Gasteiger partial charge on any atom is 0.326 e. The maximum absolute atomic E-state index is 12.7. The predicted octanol–water partition coefficient (Wildman–Crippen LogP) is 2.36. The van der Waals surface area contributed by atoms with Crippen LogP contribution in [0.4, 0.5) is 5.69 Å². The van der Waals surface area contributed by atoms with Gasteiger partial charge in [-0.15, -0.1) is 0 Å². The number of anilines is 1. The summed E-state index contributed by atoms with van der Waals surface area (Å²) in [6.07, 6.45) is 3.81. The first-order chi connectivity index (χ1) is 15.8. The lowest BCUT2D eigenvalue weighted by molar-refractivity contribution is 0.0935. The normalized spacial score (nSPS) is 11.8. The Kier molecular flexibility index (Phi) is 5.95. The van der Waals surface area contributed by atoms with Crippen LogP contribution in [0.1, 0.15) is 40.1 Å². The number of nitrogen functional groups attached to an aromatic ring is 1. The second-order valence-electron chi connectivity index (χ2n) is 7.82. The van der Waals surface area contributed by atoms with Crippen molar-refractivity contribution in [1.82, 2.24) is 25.1 Å². The molecule has 0 aliphatic heterocycles. The third-order valence-corrected chi connectivity index (χ3v) is 5.53. The Balaban J connectivity index is 1.57. The Morgan fingerprint density at radius 1 is 1.12 bits per heavy atom. The van der Waals surface area contributed by atoms with Gasteiger partial charge in [-0.1, -0.05) is 48.5 Å². The fraction of sp³-hybridized carbons (Fsp3) is 0.167. The fourth-order valence-corrected chi connectivity index (χ4v) is 3.82. The maximum atomic E-state index is 12.7. The lowest BCUT2D eigenvalue weighted by Gasteiger charge is -2.18. The molecule has 0 fully saturated rings. The Morgan fingerprint density at radius 3 is 2.64 bits per heavy atom. The molecule has 0 radical (unpaired) electrons. The molecule has 0 saturated carbocycles. The summed E-state index contributed by atoms with van der Waals surface area (Å²) in [7, 11) is 0. The zero-order valence-electron chi connectivity index (χ0n) is 18.3. The van der Waals surface area contributed by atoms with Crippen molar-refractivity contribution < 1.29 is 4.79 Å². The van der Waals surface area contributed by atoms with Crippen LogP contribution in [0.15, 0.2) is 70.5 Å². The van der Waals surface area contributed by atoms with E-state index in [-0.39, 0.29) is 11.4 Å². The molecule has 0 spiro atoms. The quantitative estimate of drug-likeness (QED) is 0.362. The summed E-state index contributed by atoms with van der Waals surface area (Å²) < 4.78 is 1.88. The molecule has 168 valence electrons. The number of H-pyrrole nitrogens is 2. The van der Waals surface area contributed by atoms with E-state index in [1.165, 1.54) is 0 Å². The largest absolute Gasteiger partial charge is 0.392 e. The highest BCUT2D eigenvalue weighted by Crippen LogP contribution is 2.29. The molecular formula is C24H24N6O3. The predicted molar refractivity (Wildman–Crippen MR) is 126 cm³/mol. The van der Waals surface area contributed by atoms with E-state index in [0.29, 0.717) is 6.54 Å². The van der Waals surface area contributed by atoms with Crippen molar-refractivity contribution in [1.29, 1.82) is 0 Å². The number of benzene rings is 2. The number of hydrogen-bond acceptors (Lipinski definition) is 5. The van der Waals surface area contributed by atoms with E-state index >= 15 is 0 Å². The number of hydrogen-bond donors (Lipinski definition) is 4. The van der Waals surface area contributed by atoms with Crippen molar-refractivity contribution in [2.45, 2.75) is 26.4 Å². The molecule has 33 heavy (non-hydrogen) atoms. The fourth-order valence-electron chi connectivity index (χ4n) is 3.82. The monoisotopic (exact) mass is 444 g/mol. The van der Waals surface area contributed by atoms with Crippen LogP contribution < -0.4 is 22.3 Å². The van der Waals surface area contributed by atoms with Gasteiger partial charge in [0.2, 0.25) is 0 Å². The minimum absolute atomic E-state index is 0.258. The summed E-state index contributed by atoms with van der Waals surface area (Å²) in [6, 6.07) is 15.5. The van der Waals surface area contributed by atoms with Gasteiger partial charge >= 0.3 is 5.69 Å². The lowest BCUT2D eigenvalue weighted by Crippen LogP contribution is -2.34. The number of carbonyl (C=O) groups excluding carboxylic acids is 1. The molecule has 0 saturated heterocycles. The minimum atomic E-state index is -0.803. The van der Waals surface area contributed by atoms with E-state index in [0.717, 1.165) is 27.8 Å². The zero-order chi connectivity index (χ0) is 23.5. The first-order valence-corrected chi connectivity index (χ1v) is 10.4. The number of nitrogens with one attached hydrogen (secondary N) is 3. The number of carbonyl (C=O) groups is 1. The van der Waals surface area contributed by atoms with Gasteiger partial charge in [-0.3, -0.25) is 19.3 Å². The Hall–Kier alpha value is -4.40. The van der Waals surface area contributed by atoms with E-state index in [1.807, 2.05) is 72.3 Å². The van der Waals surface area contributed by atoms with Crippen molar-refractivity contribution in [3.05, 3.63) is 104 Å². The minimum Gasteiger partial charge on any atom is -0.392 e. The standard InChI is InChI=1S/C24H24N6O3/c1-14-18(15(2)27-23(32)21-20(25)22(31)29-24(33)28-21)9-6-10-19(14)17-11-26-30(13-17)12-16-7-4-3-5-8-16/h3-11,13,15H,12,25H2,1-2H3,(H,27,32)(H2,28,29,31,33). The van der Waals surface area contributed by atoms with Gasteiger partial charge in [-0.2, -0.15) is 5.10 Å². The molecule has 9 heteroatoms. The number of aromatic amines is 2. The smallest absolute Gasteiger partial charge is 0.326 e. The molecule has 2 aromatic carbocycles. The number of amides is 1. The Labute approximate surface area is 189 Å². The summed E-state index contributed by atoms with van der Waals surface area (Å²) in [5.74, 6) is -0.635. The van der Waals surface area contributed by atoms with Crippen LogP contribution >= 0.6 is 0 Å². The molecule has 1 atom stereocenters. The van der Waals surface area contributed by atoms with Crippen LogP contribution in [0, 0.1) is 6.92 Å². The van der Waals surface area contributed by atoms with Gasteiger partial charge in [-0.25, -0.2) is 4.79 Å². The van der Waals surface area contributed by atoms with Crippen LogP contribution in [0.3, 0.4) is 0 Å². The SMILES string of the molecule is Cc1c(-c2cnn(Cc3ccccc3)c2)cccc1C(C)NC(=O)c1[nH]c(=O)[nH]c(=O)c1N. The second kappa shape index (κ2) is 8.99. The summed E-state index contributed by atoms with van der Waals surface area (Å²) in [4.78, 5) is 40.2. The van der Waals surface area contributed by atoms with Gasteiger partial charge in [0, 0.05) is 11.8 Å². The summed E-state index contributed by atoms with van der Waals surface area (Å²) in [5.41, 5.74) is 8.47. The van der Waals surface area contributed by atoms with Crippen molar-refractivity contribution in [2.75, 3.05) is 5.73 Å². The van der Waals surface area contributed by atoms with E-state index in [1.54, 1.807) is 0 Å². The average Bonchev–Trinajstić information content (AvgIpc) is 3.25. The number of nitrogens with two attached hydrogens (primary N) is 1.